The third kappa shape index (κ3) is 2.62. The third-order valence-electron chi connectivity index (χ3n) is 1.79. The number of carboxylic acid groups (broad SMARTS) is 1. The summed E-state index contributed by atoms with van der Waals surface area (Å²) in [6.45, 7) is -0.933. The molecule has 0 saturated heterocycles. The van der Waals surface area contributed by atoms with E-state index in [0.717, 1.165) is 4.31 Å². The number of H-pyrrole nitrogens is 1. The highest BCUT2D eigenvalue weighted by atomic mass is 32.2. The van der Waals surface area contributed by atoms with Gasteiger partial charge in [-0.3, -0.25) is 4.79 Å². The van der Waals surface area contributed by atoms with Gasteiger partial charge in [0.1, 0.15) is 6.54 Å². The van der Waals surface area contributed by atoms with Crippen LogP contribution < -0.4 is 0 Å². The topological polar surface area (TPSA) is 90.5 Å². The van der Waals surface area contributed by atoms with Crippen molar-refractivity contribution in [1.29, 1.82) is 0 Å². The Morgan fingerprint density at radius 3 is 2.75 bits per heavy atom. The number of nitrogens with zero attached hydrogens (tertiary/aromatic N) is 1. The van der Waals surface area contributed by atoms with E-state index in [1.54, 1.807) is 0 Å². The maximum absolute atomic E-state index is 11.9. The quantitative estimate of drug-likeness (QED) is 0.695. The van der Waals surface area contributed by atoms with Gasteiger partial charge in [0.25, 0.3) is 0 Å². The summed E-state index contributed by atoms with van der Waals surface area (Å²) in [5.74, 6) is 0.859. The van der Waals surface area contributed by atoms with Gasteiger partial charge >= 0.3 is 5.97 Å². The number of carbonyl (C=O) groups is 1. The Hall–Kier alpha value is -1.78. The zero-order chi connectivity index (χ0) is 12.2. The van der Waals surface area contributed by atoms with Crippen LogP contribution >= 0.6 is 0 Å². The highest BCUT2D eigenvalue weighted by Gasteiger charge is 2.25. The smallest absolute Gasteiger partial charge is 0.318 e. The molecule has 1 heterocycles. The summed E-state index contributed by atoms with van der Waals surface area (Å²) in [4.78, 5) is 13.1. The van der Waals surface area contributed by atoms with E-state index < -0.39 is 22.5 Å². The number of nitrogens with one attached hydrogen (secondary N) is 1. The minimum absolute atomic E-state index is 0.0102. The molecule has 16 heavy (non-hydrogen) atoms. The standard InChI is InChI=1S/C9H10N2O4S/c1-2-5-11(7-9(12)13)16(14,15)8-3-4-10-6-8/h1,3-4,6,10H,5,7H2,(H,12,13). The lowest BCUT2D eigenvalue weighted by atomic mass is 10.6. The van der Waals surface area contributed by atoms with Gasteiger partial charge in [-0.15, -0.1) is 6.42 Å². The first-order chi connectivity index (χ1) is 7.48. The van der Waals surface area contributed by atoms with Gasteiger partial charge in [-0.2, -0.15) is 4.31 Å². The summed E-state index contributed by atoms with van der Waals surface area (Å²) in [5, 5.41) is 8.59. The van der Waals surface area contributed by atoms with E-state index in [2.05, 4.69) is 10.9 Å². The van der Waals surface area contributed by atoms with Crippen molar-refractivity contribution in [3.8, 4) is 12.3 Å². The van der Waals surface area contributed by atoms with Gasteiger partial charge in [0.05, 0.1) is 11.4 Å². The van der Waals surface area contributed by atoms with Crippen LogP contribution in [-0.4, -0.2) is 41.9 Å². The van der Waals surface area contributed by atoms with E-state index in [0.29, 0.717) is 0 Å². The number of terminal acetylenes is 1. The largest absolute Gasteiger partial charge is 0.480 e. The van der Waals surface area contributed by atoms with Crippen molar-refractivity contribution in [2.45, 2.75) is 4.90 Å². The Morgan fingerprint density at radius 2 is 2.31 bits per heavy atom. The van der Waals surface area contributed by atoms with Crippen LogP contribution in [0.15, 0.2) is 23.4 Å². The minimum atomic E-state index is -3.84. The summed E-state index contributed by atoms with van der Waals surface area (Å²) in [6, 6.07) is 1.33. The maximum Gasteiger partial charge on any atom is 0.318 e. The molecule has 1 rings (SSSR count). The molecule has 6 nitrogen and oxygen atoms in total. The molecule has 7 heteroatoms. The molecule has 0 aromatic carbocycles. The molecular formula is C9H10N2O4S. The fourth-order valence-electron chi connectivity index (χ4n) is 1.10. The van der Waals surface area contributed by atoms with Crippen LogP contribution in [0, 0.1) is 12.3 Å². The van der Waals surface area contributed by atoms with Crippen LogP contribution in [-0.2, 0) is 14.8 Å². The van der Waals surface area contributed by atoms with Gasteiger partial charge in [-0.05, 0) is 6.07 Å². The summed E-state index contributed by atoms with van der Waals surface area (Å²) in [6.07, 6.45) is 7.70. The molecule has 1 aromatic rings. The molecule has 0 aliphatic rings. The van der Waals surface area contributed by atoms with Gasteiger partial charge in [0, 0.05) is 12.4 Å². The molecule has 0 unspecified atom stereocenters. The number of aromatic nitrogens is 1. The molecule has 0 aliphatic carbocycles. The second-order valence-corrected chi connectivity index (χ2v) is 4.86. The average Bonchev–Trinajstić information content (AvgIpc) is 2.69. The first kappa shape index (κ1) is 12.3. The van der Waals surface area contributed by atoms with E-state index >= 15 is 0 Å². The minimum Gasteiger partial charge on any atom is -0.480 e. The lowest BCUT2D eigenvalue weighted by Crippen LogP contribution is -2.35. The second kappa shape index (κ2) is 4.83. The molecule has 86 valence electrons. The average molecular weight is 242 g/mol. The van der Waals surface area contributed by atoms with Crippen molar-refractivity contribution in [3.63, 3.8) is 0 Å². The highest BCUT2D eigenvalue weighted by Crippen LogP contribution is 2.13. The third-order valence-corrected chi connectivity index (χ3v) is 3.57. The van der Waals surface area contributed by atoms with E-state index in [4.69, 9.17) is 11.5 Å². The number of aromatic amines is 1. The van der Waals surface area contributed by atoms with E-state index in [-0.39, 0.29) is 11.4 Å². The molecule has 0 aliphatic heterocycles. The van der Waals surface area contributed by atoms with Crippen LogP contribution in [0.4, 0.5) is 0 Å². The monoisotopic (exact) mass is 242 g/mol. The summed E-state index contributed by atoms with van der Waals surface area (Å²) in [5.41, 5.74) is 0. The van der Waals surface area contributed by atoms with Crippen molar-refractivity contribution in [2.75, 3.05) is 13.1 Å². The van der Waals surface area contributed by atoms with Crippen molar-refractivity contribution in [2.24, 2.45) is 0 Å². The number of hydrogen-bond acceptors (Lipinski definition) is 3. The molecule has 0 bridgehead atoms. The zero-order valence-electron chi connectivity index (χ0n) is 8.25. The lowest BCUT2D eigenvalue weighted by Gasteiger charge is -2.16. The predicted molar refractivity (Wildman–Crippen MR) is 56.0 cm³/mol. The van der Waals surface area contributed by atoms with Gasteiger partial charge in [0.15, 0.2) is 0 Å². The van der Waals surface area contributed by atoms with Gasteiger partial charge in [-0.25, -0.2) is 8.42 Å². The van der Waals surface area contributed by atoms with Crippen molar-refractivity contribution in [1.82, 2.24) is 9.29 Å². The Kier molecular flexibility index (Phi) is 3.71. The Morgan fingerprint density at radius 1 is 1.62 bits per heavy atom. The van der Waals surface area contributed by atoms with E-state index in [1.807, 2.05) is 0 Å². The number of hydrogen-bond donors (Lipinski definition) is 2. The second-order valence-electron chi connectivity index (χ2n) is 2.92. The van der Waals surface area contributed by atoms with Crippen LogP contribution in [0.25, 0.3) is 0 Å². The van der Waals surface area contributed by atoms with Gasteiger partial charge in [-0.1, -0.05) is 5.92 Å². The van der Waals surface area contributed by atoms with Crippen LogP contribution in [0.3, 0.4) is 0 Å². The number of sulfonamides is 1. The molecule has 0 saturated carbocycles. The Labute approximate surface area is 92.9 Å². The Balaban J connectivity index is 3.03. The normalized spacial score (nSPS) is 11.2. The number of aliphatic carboxylic acids is 1. The van der Waals surface area contributed by atoms with Crippen molar-refractivity contribution >= 4 is 16.0 Å². The number of carboxylic acids is 1. The fourth-order valence-corrected chi connectivity index (χ4v) is 2.38. The molecule has 1 aromatic heterocycles. The first-order valence-corrected chi connectivity index (χ1v) is 5.70. The molecule has 0 amide bonds. The molecule has 0 atom stereocenters. The maximum atomic E-state index is 11.9. The summed E-state index contributed by atoms with van der Waals surface area (Å²) >= 11 is 0. The Bertz CT molecular complexity index is 498. The van der Waals surface area contributed by atoms with Gasteiger partial charge < -0.3 is 10.1 Å². The molecular weight excluding hydrogens is 232 g/mol. The first-order valence-electron chi connectivity index (χ1n) is 4.26. The predicted octanol–water partition coefficient (Wildman–Crippen LogP) is -0.277. The molecule has 0 radical (unpaired) electrons. The van der Waals surface area contributed by atoms with Crippen molar-refractivity contribution < 1.29 is 18.3 Å². The molecule has 2 N–H and O–H groups in total. The van der Waals surface area contributed by atoms with Crippen LogP contribution in [0.1, 0.15) is 0 Å². The zero-order valence-corrected chi connectivity index (χ0v) is 9.07. The number of rotatable bonds is 5. The van der Waals surface area contributed by atoms with Crippen LogP contribution in [0.5, 0.6) is 0 Å². The van der Waals surface area contributed by atoms with Gasteiger partial charge in [0.2, 0.25) is 10.0 Å². The highest BCUT2D eigenvalue weighted by molar-refractivity contribution is 7.89. The fraction of sp³-hybridized carbons (Fsp3) is 0.222. The summed E-state index contributed by atoms with van der Waals surface area (Å²) in [7, 11) is -3.84. The summed E-state index contributed by atoms with van der Waals surface area (Å²) < 4.78 is 24.5. The van der Waals surface area contributed by atoms with E-state index in [9.17, 15) is 13.2 Å². The van der Waals surface area contributed by atoms with E-state index in [1.165, 1.54) is 18.5 Å². The molecule has 0 fully saturated rings. The lowest BCUT2D eigenvalue weighted by molar-refractivity contribution is -0.137. The van der Waals surface area contributed by atoms with Crippen molar-refractivity contribution in [3.05, 3.63) is 18.5 Å². The SMILES string of the molecule is C#CCN(CC(=O)O)S(=O)(=O)c1cc[nH]c1. The molecule has 0 spiro atoms. The van der Waals surface area contributed by atoms with Crippen LogP contribution in [0.2, 0.25) is 0 Å².